The van der Waals surface area contributed by atoms with E-state index in [0.717, 1.165) is 25.9 Å². The largest absolute Gasteiger partial charge is 0.494 e. The van der Waals surface area contributed by atoms with Gasteiger partial charge in [0, 0.05) is 13.1 Å². The highest BCUT2D eigenvalue weighted by Gasteiger charge is 2.25. The van der Waals surface area contributed by atoms with Gasteiger partial charge in [0.25, 0.3) is 0 Å². The van der Waals surface area contributed by atoms with Crippen molar-refractivity contribution in [3.63, 3.8) is 0 Å². The van der Waals surface area contributed by atoms with E-state index < -0.39 is 5.97 Å². The Balaban J connectivity index is 2.15. The van der Waals surface area contributed by atoms with Crippen molar-refractivity contribution in [2.45, 2.75) is 18.9 Å². The lowest BCUT2D eigenvalue weighted by Crippen LogP contribution is -2.35. The van der Waals surface area contributed by atoms with Crippen LogP contribution in [0.25, 0.3) is 0 Å². The summed E-state index contributed by atoms with van der Waals surface area (Å²) in [4.78, 5) is 14.5. The summed E-state index contributed by atoms with van der Waals surface area (Å²) in [5.41, 5.74) is 0.195. The number of hydrogen-bond donors (Lipinski definition) is 0. The Hall–Kier alpha value is -0.970. The highest BCUT2D eigenvalue weighted by atomic mass is 35.5. The van der Waals surface area contributed by atoms with Crippen molar-refractivity contribution in [2.75, 3.05) is 27.2 Å². The molecule has 0 N–H and O–H groups in total. The van der Waals surface area contributed by atoms with Gasteiger partial charge in [-0.3, -0.25) is 0 Å². The van der Waals surface area contributed by atoms with E-state index in [2.05, 4.69) is 11.9 Å². The van der Waals surface area contributed by atoms with Gasteiger partial charge in [0.2, 0.25) is 0 Å². The third kappa shape index (κ3) is 3.37. The minimum Gasteiger partial charge on any atom is -0.494 e. The van der Waals surface area contributed by atoms with Gasteiger partial charge in [-0.1, -0.05) is 23.2 Å². The lowest BCUT2D eigenvalue weighted by molar-refractivity contribution is 0.0136. The quantitative estimate of drug-likeness (QED) is 0.802. The molecule has 0 aliphatic carbocycles. The third-order valence-corrected chi connectivity index (χ3v) is 4.02. The summed E-state index contributed by atoms with van der Waals surface area (Å²) >= 11 is 12.1. The van der Waals surface area contributed by atoms with Crippen LogP contribution >= 0.6 is 23.2 Å². The van der Waals surface area contributed by atoms with Gasteiger partial charge < -0.3 is 14.4 Å². The number of nitrogens with zero attached hydrogens (tertiary/aromatic N) is 1. The second-order valence-electron chi connectivity index (χ2n) is 4.85. The number of piperidine rings is 1. The van der Waals surface area contributed by atoms with E-state index >= 15 is 0 Å². The van der Waals surface area contributed by atoms with E-state index in [-0.39, 0.29) is 22.4 Å². The van der Waals surface area contributed by atoms with Gasteiger partial charge >= 0.3 is 5.97 Å². The number of carbonyl (C=O) groups excluding carboxylic acids is 1. The predicted molar refractivity (Wildman–Crippen MR) is 78.9 cm³/mol. The third-order valence-electron chi connectivity index (χ3n) is 3.41. The van der Waals surface area contributed by atoms with Gasteiger partial charge in [-0.05, 0) is 32.0 Å². The first kappa shape index (κ1) is 15.4. The average Bonchev–Trinajstić information content (AvgIpc) is 2.43. The van der Waals surface area contributed by atoms with Gasteiger partial charge in [-0.15, -0.1) is 0 Å². The maximum absolute atomic E-state index is 12.3. The van der Waals surface area contributed by atoms with Gasteiger partial charge in [0.15, 0.2) is 5.75 Å². The number of methoxy groups -OCH3 is 1. The van der Waals surface area contributed by atoms with Gasteiger partial charge in [0.1, 0.15) is 11.7 Å². The lowest BCUT2D eigenvalue weighted by Gasteiger charge is -2.28. The number of hydrogen-bond acceptors (Lipinski definition) is 4. The summed E-state index contributed by atoms with van der Waals surface area (Å²) in [7, 11) is 3.50. The van der Waals surface area contributed by atoms with Crippen LogP contribution in [0.3, 0.4) is 0 Å². The summed E-state index contributed by atoms with van der Waals surface area (Å²) < 4.78 is 10.7. The molecule has 1 aliphatic rings. The minimum atomic E-state index is -0.482. The monoisotopic (exact) mass is 317 g/mol. The lowest BCUT2D eigenvalue weighted by atomic mass is 10.1. The first-order valence-electron chi connectivity index (χ1n) is 6.44. The van der Waals surface area contributed by atoms with Crippen molar-refractivity contribution in [1.29, 1.82) is 0 Å². The molecule has 1 aromatic rings. The molecule has 110 valence electrons. The van der Waals surface area contributed by atoms with Crippen LogP contribution in [0.5, 0.6) is 5.75 Å². The molecule has 0 radical (unpaired) electrons. The van der Waals surface area contributed by atoms with E-state index in [4.69, 9.17) is 32.7 Å². The smallest absolute Gasteiger partial charge is 0.343 e. The molecule has 0 aromatic heterocycles. The Bertz CT molecular complexity index is 499. The fourth-order valence-electron chi connectivity index (χ4n) is 2.24. The second kappa shape index (κ2) is 6.66. The van der Waals surface area contributed by atoms with E-state index in [1.54, 1.807) is 12.1 Å². The normalized spacial score (nSPS) is 17.0. The first-order chi connectivity index (χ1) is 9.52. The number of likely N-dealkylation sites (tertiary alicyclic amines) is 1. The molecule has 1 fully saturated rings. The van der Waals surface area contributed by atoms with Crippen molar-refractivity contribution in [3.8, 4) is 5.75 Å². The Morgan fingerprint density at radius 1 is 1.25 bits per heavy atom. The topological polar surface area (TPSA) is 38.8 Å². The van der Waals surface area contributed by atoms with Crippen LogP contribution in [-0.2, 0) is 4.74 Å². The van der Waals surface area contributed by atoms with E-state index in [0.29, 0.717) is 5.02 Å². The SMILES string of the molecule is COc1c(Cl)ccc(Cl)c1C(=O)OC1CCN(C)CC1. The van der Waals surface area contributed by atoms with Crippen LogP contribution in [0.2, 0.25) is 10.0 Å². The first-order valence-corrected chi connectivity index (χ1v) is 7.20. The molecule has 4 nitrogen and oxygen atoms in total. The van der Waals surface area contributed by atoms with Gasteiger partial charge in [-0.2, -0.15) is 0 Å². The Labute approximate surface area is 128 Å². The summed E-state index contributed by atoms with van der Waals surface area (Å²) in [6, 6.07) is 3.16. The van der Waals surface area contributed by atoms with Crippen LogP contribution in [0.4, 0.5) is 0 Å². The summed E-state index contributed by atoms with van der Waals surface area (Å²) in [6.07, 6.45) is 1.56. The van der Waals surface area contributed by atoms with Crippen molar-refractivity contribution >= 4 is 29.2 Å². The molecule has 6 heteroatoms. The molecular formula is C14H17Cl2NO3. The van der Waals surface area contributed by atoms with Crippen LogP contribution in [-0.4, -0.2) is 44.2 Å². The maximum Gasteiger partial charge on any atom is 0.343 e. The Morgan fingerprint density at radius 3 is 2.45 bits per heavy atom. The van der Waals surface area contributed by atoms with E-state index in [1.165, 1.54) is 7.11 Å². The molecule has 0 spiro atoms. The summed E-state index contributed by atoms with van der Waals surface area (Å²) in [5.74, 6) is -0.221. The highest BCUT2D eigenvalue weighted by molar-refractivity contribution is 6.37. The van der Waals surface area contributed by atoms with Crippen LogP contribution in [0.1, 0.15) is 23.2 Å². The summed E-state index contributed by atoms with van der Waals surface area (Å²) in [6.45, 7) is 1.83. The molecule has 0 atom stereocenters. The number of esters is 1. The van der Waals surface area contributed by atoms with Crippen molar-refractivity contribution in [3.05, 3.63) is 27.7 Å². The molecule has 2 rings (SSSR count). The van der Waals surface area contributed by atoms with E-state index in [9.17, 15) is 4.79 Å². The molecular weight excluding hydrogens is 301 g/mol. The fourth-order valence-corrected chi connectivity index (χ4v) is 2.70. The second-order valence-corrected chi connectivity index (χ2v) is 5.66. The predicted octanol–water partition coefficient (Wildman–Crippen LogP) is 3.25. The molecule has 20 heavy (non-hydrogen) atoms. The molecule has 0 saturated carbocycles. The van der Waals surface area contributed by atoms with Crippen molar-refractivity contribution in [1.82, 2.24) is 4.90 Å². The zero-order chi connectivity index (χ0) is 14.7. The van der Waals surface area contributed by atoms with Gasteiger partial charge in [0.05, 0.1) is 17.2 Å². The molecule has 1 aromatic carbocycles. The average molecular weight is 318 g/mol. The van der Waals surface area contributed by atoms with Crippen LogP contribution in [0.15, 0.2) is 12.1 Å². The molecule has 1 heterocycles. The molecule has 0 amide bonds. The Morgan fingerprint density at radius 2 is 1.85 bits per heavy atom. The van der Waals surface area contributed by atoms with Crippen LogP contribution < -0.4 is 4.74 Å². The van der Waals surface area contributed by atoms with Gasteiger partial charge in [-0.25, -0.2) is 4.79 Å². The van der Waals surface area contributed by atoms with Crippen LogP contribution in [0, 0.1) is 0 Å². The minimum absolute atomic E-state index is 0.0848. The maximum atomic E-state index is 12.3. The molecule has 0 unspecified atom stereocenters. The number of halogens is 2. The zero-order valence-electron chi connectivity index (χ0n) is 11.5. The van der Waals surface area contributed by atoms with Crippen molar-refractivity contribution < 1.29 is 14.3 Å². The summed E-state index contributed by atoms with van der Waals surface area (Å²) in [5, 5.41) is 0.622. The number of rotatable bonds is 3. The van der Waals surface area contributed by atoms with Crippen molar-refractivity contribution in [2.24, 2.45) is 0 Å². The number of benzene rings is 1. The molecule has 1 aliphatic heterocycles. The number of carbonyl (C=O) groups is 1. The number of ether oxygens (including phenoxy) is 2. The van der Waals surface area contributed by atoms with E-state index in [1.807, 2.05) is 0 Å². The standard InChI is InChI=1S/C14H17Cl2NO3/c1-17-7-5-9(6-8-17)20-14(18)12-10(15)3-4-11(16)13(12)19-2/h3-4,9H,5-8H2,1-2H3. The fraction of sp³-hybridized carbons (Fsp3) is 0.500. The zero-order valence-corrected chi connectivity index (χ0v) is 13.0. The Kier molecular flexibility index (Phi) is 5.13. The molecule has 1 saturated heterocycles. The highest BCUT2D eigenvalue weighted by Crippen LogP contribution is 2.34. The molecule has 0 bridgehead atoms.